The van der Waals surface area contributed by atoms with E-state index in [0.29, 0.717) is 37.1 Å². The zero-order chi connectivity index (χ0) is 23.8. The summed E-state index contributed by atoms with van der Waals surface area (Å²) in [5.74, 6) is -1.18. The van der Waals surface area contributed by atoms with E-state index >= 15 is 0 Å². The lowest BCUT2D eigenvalue weighted by molar-refractivity contribution is -0.0305. The minimum atomic E-state index is -0.682. The third-order valence-electron chi connectivity index (χ3n) is 5.94. The number of halogens is 3. The predicted octanol–water partition coefficient (Wildman–Crippen LogP) is 5.89. The van der Waals surface area contributed by atoms with Crippen molar-refractivity contribution in [1.82, 2.24) is 4.90 Å². The van der Waals surface area contributed by atoms with Crippen LogP contribution in [0, 0.1) is 11.6 Å². The molecule has 0 bridgehead atoms. The van der Waals surface area contributed by atoms with Gasteiger partial charge in [0.1, 0.15) is 17.2 Å². The van der Waals surface area contributed by atoms with Gasteiger partial charge in [-0.15, -0.1) is 0 Å². The lowest BCUT2D eigenvalue weighted by Gasteiger charge is -2.33. The minimum absolute atomic E-state index is 0.00128. The monoisotopic (exact) mass is 477 g/mol. The van der Waals surface area contributed by atoms with Crippen LogP contribution in [0.5, 0.6) is 0 Å². The van der Waals surface area contributed by atoms with E-state index in [9.17, 15) is 13.6 Å². The highest BCUT2D eigenvalue weighted by molar-refractivity contribution is 6.31. The number of hydrogen-bond acceptors (Lipinski definition) is 4. The van der Waals surface area contributed by atoms with Crippen molar-refractivity contribution in [3.63, 3.8) is 0 Å². The average molecular weight is 478 g/mol. The number of ether oxygens (including phenoxy) is 2. The normalized spacial score (nSPS) is 19.5. The molecule has 4 nitrogen and oxygen atoms in total. The van der Waals surface area contributed by atoms with E-state index in [1.807, 2.05) is 0 Å². The topological polar surface area (TPSA) is 38.8 Å². The van der Waals surface area contributed by atoms with Gasteiger partial charge in [0.2, 0.25) is 0 Å². The second kappa shape index (κ2) is 9.69. The lowest BCUT2D eigenvalue weighted by Crippen LogP contribution is -2.43. The van der Waals surface area contributed by atoms with Crippen molar-refractivity contribution in [1.29, 1.82) is 0 Å². The molecule has 2 aromatic carbocycles. The number of rotatable bonds is 6. The van der Waals surface area contributed by atoms with Crippen LogP contribution in [0.15, 0.2) is 30.3 Å². The third-order valence-corrected chi connectivity index (χ3v) is 6.30. The molecule has 4 rings (SSSR count). The van der Waals surface area contributed by atoms with Crippen molar-refractivity contribution in [3.05, 3.63) is 69.2 Å². The van der Waals surface area contributed by atoms with Gasteiger partial charge < -0.3 is 9.47 Å². The fourth-order valence-electron chi connectivity index (χ4n) is 4.25. The fourth-order valence-corrected chi connectivity index (χ4v) is 4.50. The Morgan fingerprint density at radius 2 is 1.94 bits per heavy atom. The Balaban J connectivity index is 1.48. The molecule has 1 aliphatic carbocycles. The molecule has 178 valence electrons. The zero-order valence-electron chi connectivity index (χ0n) is 19.3. The van der Waals surface area contributed by atoms with Crippen LogP contribution in [0.25, 0.3) is 0 Å². The summed E-state index contributed by atoms with van der Waals surface area (Å²) in [5.41, 5.74) is 2.10. The Morgan fingerprint density at radius 1 is 1.18 bits per heavy atom. The van der Waals surface area contributed by atoms with Gasteiger partial charge in [0.25, 0.3) is 0 Å². The Labute approximate surface area is 198 Å². The quantitative estimate of drug-likeness (QED) is 0.486. The van der Waals surface area contributed by atoms with Gasteiger partial charge in [-0.1, -0.05) is 17.7 Å². The first-order valence-electron chi connectivity index (χ1n) is 11.4. The van der Waals surface area contributed by atoms with Gasteiger partial charge in [0.15, 0.2) is 0 Å². The van der Waals surface area contributed by atoms with Crippen LogP contribution in [0.1, 0.15) is 66.6 Å². The van der Waals surface area contributed by atoms with Gasteiger partial charge in [-0.05, 0) is 80.5 Å². The number of carbonyl (C=O) groups is 1. The van der Waals surface area contributed by atoms with Crippen molar-refractivity contribution < 1.29 is 23.0 Å². The van der Waals surface area contributed by atoms with Crippen LogP contribution in [0.3, 0.4) is 0 Å². The Hall–Kier alpha value is -2.02. The second-order valence-corrected chi connectivity index (χ2v) is 10.4. The van der Waals surface area contributed by atoms with Crippen molar-refractivity contribution in [2.45, 2.75) is 64.2 Å². The lowest BCUT2D eigenvalue weighted by atomic mass is 9.98. The summed E-state index contributed by atoms with van der Waals surface area (Å²) in [6, 6.07) is 7.59. The molecule has 1 atom stereocenters. The highest BCUT2D eigenvalue weighted by atomic mass is 35.5. The summed E-state index contributed by atoms with van der Waals surface area (Å²) in [5, 5.41) is 0.395. The van der Waals surface area contributed by atoms with Crippen molar-refractivity contribution in [2.75, 3.05) is 19.7 Å². The molecule has 0 aromatic heterocycles. The summed E-state index contributed by atoms with van der Waals surface area (Å²) >= 11 is 6.19. The average Bonchev–Trinajstić information content (AvgIpc) is 3.54. The Morgan fingerprint density at radius 3 is 2.61 bits per heavy atom. The standard InChI is InChI=1S/C26H30ClF2NO3/c1-26(2,3)33-25(31)22-13-21(16-4-5-16)18(11-24(22)29)14-30-8-9-32-20(15-30)10-17-6-7-19(28)12-23(17)27/h6-7,11-13,16,20H,4-5,8-10,14-15H2,1-3H3/t20-/m1/s1. The van der Waals surface area contributed by atoms with Gasteiger partial charge >= 0.3 is 5.97 Å². The van der Waals surface area contributed by atoms with Crippen LogP contribution in [0.4, 0.5) is 8.78 Å². The van der Waals surface area contributed by atoms with Crippen molar-refractivity contribution in [2.24, 2.45) is 0 Å². The van der Waals surface area contributed by atoms with E-state index in [1.54, 1.807) is 32.9 Å². The van der Waals surface area contributed by atoms with Gasteiger partial charge in [0, 0.05) is 31.1 Å². The van der Waals surface area contributed by atoms with Crippen LogP contribution < -0.4 is 0 Å². The number of benzene rings is 2. The molecule has 1 saturated carbocycles. The molecule has 0 radical (unpaired) electrons. The summed E-state index contributed by atoms with van der Waals surface area (Å²) in [6.07, 6.45) is 2.58. The van der Waals surface area contributed by atoms with E-state index in [-0.39, 0.29) is 17.5 Å². The third kappa shape index (κ3) is 6.31. The molecular weight excluding hydrogens is 448 g/mol. The fraction of sp³-hybridized carbons (Fsp3) is 0.500. The van der Waals surface area contributed by atoms with E-state index < -0.39 is 17.4 Å². The molecule has 1 saturated heterocycles. The molecule has 1 aliphatic heterocycles. The molecule has 2 aromatic rings. The van der Waals surface area contributed by atoms with Crippen LogP contribution >= 0.6 is 11.6 Å². The molecule has 0 N–H and O–H groups in total. The summed E-state index contributed by atoms with van der Waals surface area (Å²) in [6.45, 7) is 7.84. The number of nitrogens with zero attached hydrogens (tertiary/aromatic N) is 1. The molecule has 0 unspecified atom stereocenters. The summed E-state index contributed by atoms with van der Waals surface area (Å²) in [7, 11) is 0. The van der Waals surface area contributed by atoms with E-state index in [2.05, 4.69) is 4.90 Å². The van der Waals surface area contributed by atoms with E-state index in [0.717, 1.165) is 36.1 Å². The van der Waals surface area contributed by atoms with Gasteiger partial charge in [-0.25, -0.2) is 13.6 Å². The second-order valence-electron chi connectivity index (χ2n) is 9.97. The van der Waals surface area contributed by atoms with Gasteiger partial charge in [-0.2, -0.15) is 0 Å². The number of carbonyl (C=O) groups excluding carboxylic acids is 1. The number of morpholine rings is 1. The van der Waals surface area contributed by atoms with Crippen LogP contribution in [-0.2, 0) is 22.4 Å². The molecule has 2 aliphatic rings. The molecule has 7 heteroatoms. The minimum Gasteiger partial charge on any atom is -0.456 e. The maximum absolute atomic E-state index is 14.9. The highest BCUT2D eigenvalue weighted by Gasteiger charge is 2.31. The van der Waals surface area contributed by atoms with Gasteiger partial charge in [0.05, 0.1) is 18.3 Å². The predicted molar refractivity (Wildman–Crippen MR) is 124 cm³/mol. The first kappa shape index (κ1) is 24.1. The summed E-state index contributed by atoms with van der Waals surface area (Å²) in [4.78, 5) is 14.8. The summed E-state index contributed by atoms with van der Waals surface area (Å²) < 4.78 is 39.6. The van der Waals surface area contributed by atoms with Crippen molar-refractivity contribution >= 4 is 17.6 Å². The van der Waals surface area contributed by atoms with Crippen LogP contribution in [0.2, 0.25) is 5.02 Å². The molecular formula is C26H30ClF2NO3. The maximum Gasteiger partial charge on any atom is 0.341 e. The zero-order valence-corrected chi connectivity index (χ0v) is 20.1. The molecule has 0 amide bonds. The van der Waals surface area contributed by atoms with Crippen molar-refractivity contribution in [3.8, 4) is 0 Å². The first-order chi connectivity index (χ1) is 15.6. The van der Waals surface area contributed by atoms with E-state index in [4.69, 9.17) is 21.1 Å². The Bertz CT molecular complexity index is 1030. The van der Waals surface area contributed by atoms with E-state index in [1.165, 1.54) is 18.2 Å². The molecule has 33 heavy (non-hydrogen) atoms. The smallest absolute Gasteiger partial charge is 0.341 e. The first-order valence-corrected chi connectivity index (χ1v) is 11.8. The van der Waals surface area contributed by atoms with Crippen LogP contribution in [-0.4, -0.2) is 42.3 Å². The largest absolute Gasteiger partial charge is 0.456 e. The Kier molecular flexibility index (Phi) is 7.08. The number of hydrogen-bond donors (Lipinski definition) is 0. The molecule has 1 heterocycles. The SMILES string of the molecule is CC(C)(C)OC(=O)c1cc(C2CC2)c(CN2CCO[C@H](Cc3ccc(F)cc3Cl)C2)cc1F. The maximum atomic E-state index is 14.9. The molecule has 0 spiro atoms. The molecule has 2 fully saturated rings. The highest BCUT2D eigenvalue weighted by Crippen LogP contribution is 2.43. The number of esters is 1. The van der Waals surface area contributed by atoms with Gasteiger partial charge in [-0.3, -0.25) is 4.90 Å².